The van der Waals surface area contributed by atoms with Crippen LogP contribution >= 0.6 is 22.6 Å². The SMILES string of the molecule is O=c1oc(=O)c2ccc1cc2I. The smallest absolute Gasteiger partial charge is 0.347 e. The van der Waals surface area contributed by atoms with Crippen LogP contribution in [0.5, 0.6) is 0 Å². The van der Waals surface area contributed by atoms with E-state index in [0.29, 0.717) is 10.8 Å². The molecule has 0 unspecified atom stereocenters. The van der Waals surface area contributed by atoms with Crippen LogP contribution in [0.15, 0.2) is 32.2 Å². The molecule has 0 aliphatic carbocycles. The topological polar surface area (TPSA) is 47.3 Å². The first-order chi connectivity index (χ1) is 5.68. The molecule has 0 fully saturated rings. The molecular weight excluding hydrogens is 271 g/mol. The highest BCUT2D eigenvalue weighted by atomic mass is 127. The quantitative estimate of drug-likeness (QED) is 0.678. The third kappa shape index (κ3) is 1.03. The number of hydrogen-bond donors (Lipinski definition) is 0. The van der Waals surface area contributed by atoms with E-state index in [0.717, 1.165) is 3.57 Å². The second-order valence-corrected chi connectivity index (χ2v) is 3.53. The zero-order chi connectivity index (χ0) is 8.72. The van der Waals surface area contributed by atoms with Gasteiger partial charge in [-0.2, -0.15) is 0 Å². The van der Waals surface area contributed by atoms with E-state index >= 15 is 0 Å². The molecule has 2 bridgehead atoms. The van der Waals surface area contributed by atoms with Gasteiger partial charge in [-0.05, 0) is 40.8 Å². The lowest BCUT2D eigenvalue weighted by molar-refractivity contribution is 0.492. The van der Waals surface area contributed by atoms with Crippen molar-refractivity contribution in [3.05, 3.63) is 42.6 Å². The maximum atomic E-state index is 11.1. The molecule has 60 valence electrons. The van der Waals surface area contributed by atoms with Gasteiger partial charge in [0.2, 0.25) is 0 Å². The third-order valence-corrected chi connectivity index (χ3v) is 2.50. The Bertz CT molecular complexity index is 529. The summed E-state index contributed by atoms with van der Waals surface area (Å²) in [6.45, 7) is 0. The zero-order valence-corrected chi connectivity index (χ0v) is 7.99. The molecule has 1 aromatic carbocycles. The molecule has 0 aliphatic rings. The Labute approximate surface area is 80.5 Å². The molecular formula is C8H3IO3. The largest absolute Gasteiger partial charge is 0.386 e. The van der Waals surface area contributed by atoms with Gasteiger partial charge in [0.05, 0.1) is 10.8 Å². The second kappa shape index (κ2) is 2.55. The van der Waals surface area contributed by atoms with E-state index in [1.807, 2.05) is 22.6 Å². The third-order valence-electron chi connectivity index (χ3n) is 1.61. The van der Waals surface area contributed by atoms with Crippen LogP contribution in [0.4, 0.5) is 0 Å². The molecule has 0 saturated carbocycles. The van der Waals surface area contributed by atoms with Crippen molar-refractivity contribution in [3.63, 3.8) is 0 Å². The van der Waals surface area contributed by atoms with Crippen molar-refractivity contribution in [2.45, 2.75) is 0 Å². The van der Waals surface area contributed by atoms with Gasteiger partial charge in [0.1, 0.15) is 0 Å². The average molecular weight is 274 g/mol. The predicted octanol–water partition coefficient (Wildman–Crippen LogP) is 1.20. The van der Waals surface area contributed by atoms with E-state index < -0.39 is 11.3 Å². The van der Waals surface area contributed by atoms with Gasteiger partial charge in [0, 0.05) is 3.57 Å². The fourth-order valence-electron chi connectivity index (χ4n) is 1.01. The standard InChI is InChI=1S/C8H3IO3/c9-6-3-4-1-2-5(6)8(11)12-7(4)10/h1-3H. The van der Waals surface area contributed by atoms with Crippen LogP contribution in [-0.4, -0.2) is 0 Å². The molecule has 12 heavy (non-hydrogen) atoms. The van der Waals surface area contributed by atoms with Gasteiger partial charge < -0.3 is 4.42 Å². The maximum Gasteiger partial charge on any atom is 0.347 e. The van der Waals surface area contributed by atoms with E-state index in [9.17, 15) is 9.59 Å². The summed E-state index contributed by atoms with van der Waals surface area (Å²) in [5.74, 6) is 0. The van der Waals surface area contributed by atoms with Crippen molar-refractivity contribution in [2.75, 3.05) is 0 Å². The minimum Gasteiger partial charge on any atom is -0.386 e. The van der Waals surface area contributed by atoms with Gasteiger partial charge in [0.25, 0.3) is 0 Å². The monoisotopic (exact) mass is 274 g/mol. The van der Waals surface area contributed by atoms with Crippen molar-refractivity contribution in [1.82, 2.24) is 0 Å². The highest BCUT2D eigenvalue weighted by Crippen LogP contribution is 2.12. The number of benzene rings is 1. The Kier molecular flexibility index (Phi) is 1.64. The molecule has 2 heterocycles. The molecule has 2 aromatic heterocycles. The van der Waals surface area contributed by atoms with Crippen LogP contribution in [0.2, 0.25) is 0 Å². The van der Waals surface area contributed by atoms with Crippen molar-refractivity contribution in [1.29, 1.82) is 0 Å². The Balaban J connectivity index is 3.26. The highest BCUT2D eigenvalue weighted by molar-refractivity contribution is 14.1. The summed E-state index contributed by atoms with van der Waals surface area (Å²) in [7, 11) is 0. The molecule has 0 radical (unpaired) electrons. The Morgan fingerprint density at radius 3 is 2.58 bits per heavy atom. The van der Waals surface area contributed by atoms with E-state index in [1.165, 1.54) is 0 Å². The lowest BCUT2D eigenvalue weighted by Gasteiger charge is -1.86. The van der Waals surface area contributed by atoms with Crippen LogP contribution in [0, 0.1) is 3.57 Å². The summed E-state index contributed by atoms with van der Waals surface area (Å²) in [6.07, 6.45) is 0. The fraction of sp³-hybridized carbons (Fsp3) is 0. The fourth-order valence-corrected chi connectivity index (χ4v) is 1.74. The first-order valence-electron chi connectivity index (χ1n) is 3.24. The number of fused-ring (bicyclic) bond motifs is 4. The summed E-state index contributed by atoms with van der Waals surface area (Å²) >= 11 is 2.00. The van der Waals surface area contributed by atoms with E-state index in [-0.39, 0.29) is 0 Å². The summed E-state index contributed by atoms with van der Waals surface area (Å²) in [4.78, 5) is 22.1. The molecule has 0 amide bonds. The Morgan fingerprint density at radius 2 is 1.92 bits per heavy atom. The summed E-state index contributed by atoms with van der Waals surface area (Å²) in [5, 5.41) is 0.874. The van der Waals surface area contributed by atoms with Crippen molar-refractivity contribution >= 4 is 33.4 Å². The van der Waals surface area contributed by atoms with E-state index in [2.05, 4.69) is 4.42 Å². The minimum absolute atomic E-state index is 0.425. The lowest BCUT2D eigenvalue weighted by atomic mass is 10.2. The van der Waals surface area contributed by atoms with Crippen LogP contribution in [0.1, 0.15) is 0 Å². The van der Waals surface area contributed by atoms with Gasteiger partial charge in [0.15, 0.2) is 0 Å². The summed E-state index contributed by atoms with van der Waals surface area (Å²) in [5.41, 5.74) is -1.14. The molecule has 0 N–H and O–H groups in total. The molecule has 3 aromatic rings. The van der Waals surface area contributed by atoms with E-state index in [4.69, 9.17) is 0 Å². The van der Waals surface area contributed by atoms with Gasteiger partial charge in [-0.3, -0.25) is 0 Å². The van der Waals surface area contributed by atoms with Crippen LogP contribution in [-0.2, 0) is 0 Å². The first-order valence-corrected chi connectivity index (χ1v) is 4.32. The zero-order valence-electron chi connectivity index (χ0n) is 5.83. The molecule has 0 saturated heterocycles. The number of halogens is 1. The minimum atomic E-state index is -0.571. The van der Waals surface area contributed by atoms with Gasteiger partial charge in [-0.15, -0.1) is 0 Å². The molecule has 4 heteroatoms. The first kappa shape index (κ1) is 7.72. The van der Waals surface area contributed by atoms with Gasteiger partial charge in [-0.25, -0.2) is 9.59 Å². The van der Waals surface area contributed by atoms with Gasteiger partial charge >= 0.3 is 11.3 Å². The molecule has 3 nitrogen and oxygen atoms in total. The molecule has 0 atom stereocenters. The predicted molar refractivity (Wildman–Crippen MR) is 52.7 cm³/mol. The van der Waals surface area contributed by atoms with Gasteiger partial charge in [-0.1, -0.05) is 0 Å². The molecule has 0 aliphatic heterocycles. The van der Waals surface area contributed by atoms with Crippen LogP contribution < -0.4 is 11.3 Å². The highest BCUT2D eigenvalue weighted by Gasteiger charge is 2.04. The lowest BCUT2D eigenvalue weighted by Crippen LogP contribution is -2.02. The van der Waals surface area contributed by atoms with Crippen LogP contribution in [0.3, 0.4) is 0 Å². The summed E-state index contributed by atoms with van der Waals surface area (Å²) < 4.78 is 5.25. The Morgan fingerprint density at radius 1 is 1.17 bits per heavy atom. The molecule has 0 spiro atoms. The van der Waals surface area contributed by atoms with E-state index in [1.54, 1.807) is 18.2 Å². The second-order valence-electron chi connectivity index (χ2n) is 2.37. The maximum absolute atomic E-state index is 11.1. The molecule has 3 rings (SSSR count). The van der Waals surface area contributed by atoms with Crippen molar-refractivity contribution in [2.24, 2.45) is 0 Å². The normalized spacial score (nSPS) is 10.8. The van der Waals surface area contributed by atoms with Crippen molar-refractivity contribution < 1.29 is 4.42 Å². The van der Waals surface area contributed by atoms with Crippen molar-refractivity contribution in [3.8, 4) is 0 Å². The number of rotatable bonds is 0. The van der Waals surface area contributed by atoms with Crippen LogP contribution in [0.25, 0.3) is 10.8 Å². The summed E-state index contributed by atoms with van der Waals surface area (Å²) in [6, 6.07) is 4.83. The number of hydrogen-bond acceptors (Lipinski definition) is 3. The Hall–Kier alpha value is -0.910. The average Bonchev–Trinajstić information content (AvgIpc) is 2.19.